The molecule has 1 aromatic heterocycles. The number of benzene rings is 2. The minimum absolute atomic E-state index is 0.0872. The Labute approximate surface area is 197 Å². The molecule has 8 nitrogen and oxygen atoms in total. The summed E-state index contributed by atoms with van der Waals surface area (Å²) in [6.45, 7) is 2.41. The maximum absolute atomic E-state index is 12.6. The van der Waals surface area contributed by atoms with Gasteiger partial charge in [-0.15, -0.1) is 0 Å². The van der Waals surface area contributed by atoms with Gasteiger partial charge in [-0.1, -0.05) is 49.4 Å². The van der Waals surface area contributed by atoms with Gasteiger partial charge in [0.25, 0.3) is 5.91 Å². The number of hydrazine groups is 1. The molecule has 34 heavy (non-hydrogen) atoms. The third-order valence-corrected chi connectivity index (χ3v) is 5.72. The molecule has 0 spiro atoms. The molecule has 2 aromatic carbocycles. The van der Waals surface area contributed by atoms with Crippen molar-refractivity contribution in [2.45, 2.75) is 32.4 Å². The summed E-state index contributed by atoms with van der Waals surface area (Å²) in [7, 11) is 0. The van der Waals surface area contributed by atoms with Crippen LogP contribution in [0.2, 0.25) is 0 Å². The molecule has 4 rings (SSSR count). The third kappa shape index (κ3) is 5.64. The van der Waals surface area contributed by atoms with Crippen LogP contribution in [0.3, 0.4) is 0 Å². The second kappa shape index (κ2) is 10.7. The normalized spacial score (nSPS) is 16.2. The number of carbonyl (C=O) groups is 3. The van der Waals surface area contributed by atoms with Crippen molar-refractivity contribution >= 4 is 17.7 Å². The number of rotatable bonds is 8. The number of likely N-dealkylation sites (tertiary alicyclic amines) is 1. The molecule has 0 bridgehead atoms. The number of carbonyl (C=O) groups excluding carboxylic acids is 3. The molecule has 3 amide bonds. The van der Waals surface area contributed by atoms with Crippen LogP contribution in [0.25, 0.3) is 11.1 Å². The van der Waals surface area contributed by atoms with Crippen LogP contribution in [0.15, 0.2) is 77.4 Å². The molecular formula is C26H27N3O5. The average Bonchev–Trinajstić information content (AvgIpc) is 3.52. The van der Waals surface area contributed by atoms with Gasteiger partial charge in [-0.2, -0.15) is 0 Å². The molecular weight excluding hydrogens is 434 g/mol. The summed E-state index contributed by atoms with van der Waals surface area (Å²) in [5, 5.41) is 0. The highest BCUT2D eigenvalue weighted by Crippen LogP contribution is 2.23. The Bertz CT molecular complexity index is 1110. The monoisotopic (exact) mass is 461 g/mol. The fraction of sp³-hybridized carbons (Fsp3) is 0.269. The summed E-state index contributed by atoms with van der Waals surface area (Å²) in [6, 6.07) is 21.0. The zero-order valence-corrected chi connectivity index (χ0v) is 18.9. The SMILES string of the molecule is CCC(Oc1ccc(-c2ccccc2)cc1)C(=O)NNC(=O)C1CC(=O)N(Cc2ccco2)C1. The van der Waals surface area contributed by atoms with Gasteiger partial charge < -0.3 is 14.1 Å². The molecule has 2 N–H and O–H groups in total. The number of hydrogen-bond donors (Lipinski definition) is 2. The zero-order chi connectivity index (χ0) is 23.9. The van der Waals surface area contributed by atoms with E-state index in [0.29, 0.717) is 24.5 Å². The summed E-state index contributed by atoms with van der Waals surface area (Å²) in [4.78, 5) is 38.9. The van der Waals surface area contributed by atoms with Gasteiger partial charge in [0.05, 0.1) is 18.7 Å². The zero-order valence-electron chi connectivity index (χ0n) is 18.9. The number of amides is 3. The van der Waals surface area contributed by atoms with Gasteiger partial charge >= 0.3 is 0 Å². The first-order valence-electron chi connectivity index (χ1n) is 11.3. The van der Waals surface area contributed by atoms with Crippen molar-refractivity contribution in [3.8, 4) is 16.9 Å². The van der Waals surface area contributed by atoms with E-state index in [2.05, 4.69) is 10.9 Å². The number of furan rings is 1. The maximum atomic E-state index is 12.6. The van der Waals surface area contributed by atoms with Crippen molar-refractivity contribution in [1.29, 1.82) is 0 Å². The van der Waals surface area contributed by atoms with Crippen molar-refractivity contribution in [3.63, 3.8) is 0 Å². The minimum Gasteiger partial charge on any atom is -0.481 e. The average molecular weight is 462 g/mol. The molecule has 0 aliphatic carbocycles. The van der Waals surface area contributed by atoms with Crippen LogP contribution >= 0.6 is 0 Å². The Morgan fingerprint density at radius 1 is 1.03 bits per heavy atom. The van der Waals surface area contributed by atoms with Crippen LogP contribution in [0.4, 0.5) is 0 Å². The molecule has 1 fully saturated rings. The molecule has 3 aromatic rings. The number of nitrogens with one attached hydrogen (secondary N) is 2. The summed E-state index contributed by atoms with van der Waals surface area (Å²) >= 11 is 0. The van der Waals surface area contributed by atoms with Gasteiger partial charge in [-0.25, -0.2) is 0 Å². The molecule has 1 saturated heterocycles. The van der Waals surface area contributed by atoms with Crippen molar-refractivity contribution in [3.05, 3.63) is 78.8 Å². The van der Waals surface area contributed by atoms with E-state index >= 15 is 0 Å². The lowest BCUT2D eigenvalue weighted by Crippen LogP contribution is -2.50. The standard InChI is InChI=1S/C26H27N3O5/c1-2-23(34-21-12-10-19(11-13-21)18-7-4-3-5-8-18)26(32)28-27-25(31)20-15-24(30)29(16-20)17-22-9-6-14-33-22/h3-14,20,23H,2,15-17H2,1H3,(H,27,31)(H,28,32). The van der Waals surface area contributed by atoms with Gasteiger partial charge in [-0.3, -0.25) is 25.2 Å². The van der Waals surface area contributed by atoms with E-state index in [1.807, 2.05) is 61.5 Å². The van der Waals surface area contributed by atoms with E-state index in [-0.39, 0.29) is 18.9 Å². The lowest BCUT2D eigenvalue weighted by atomic mass is 10.1. The Kier molecular flexibility index (Phi) is 7.27. The van der Waals surface area contributed by atoms with Gasteiger partial charge in [0.15, 0.2) is 6.10 Å². The van der Waals surface area contributed by atoms with E-state index in [1.54, 1.807) is 23.3 Å². The smallest absolute Gasteiger partial charge is 0.279 e. The van der Waals surface area contributed by atoms with Gasteiger partial charge in [0, 0.05) is 13.0 Å². The van der Waals surface area contributed by atoms with Crippen LogP contribution in [0.1, 0.15) is 25.5 Å². The topological polar surface area (TPSA) is 101 Å². The van der Waals surface area contributed by atoms with E-state index in [1.165, 1.54) is 0 Å². The molecule has 2 unspecified atom stereocenters. The lowest BCUT2D eigenvalue weighted by molar-refractivity contribution is -0.134. The molecule has 2 atom stereocenters. The molecule has 0 radical (unpaired) electrons. The van der Waals surface area contributed by atoms with Crippen LogP contribution in [0, 0.1) is 5.92 Å². The van der Waals surface area contributed by atoms with Gasteiger partial charge in [0.1, 0.15) is 11.5 Å². The fourth-order valence-electron chi connectivity index (χ4n) is 3.84. The minimum atomic E-state index is -0.775. The molecule has 176 valence electrons. The first kappa shape index (κ1) is 23.1. The van der Waals surface area contributed by atoms with Crippen LogP contribution < -0.4 is 15.6 Å². The second-order valence-corrected chi connectivity index (χ2v) is 8.14. The van der Waals surface area contributed by atoms with Crippen molar-refractivity contribution in [1.82, 2.24) is 15.8 Å². The summed E-state index contributed by atoms with van der Waals surface area (Å²) in [5.41, 5.74) is 7.00. The third-order valence-electron chi connectivity index (χ3n) is 5.72. The predicted molar refractivity (Wildman–Crippen MR) is 125 cm³/mol. The summed E-state index contributed by atoms with van der Waals surface area (Å²) in [6.07, 6.45) is 1.27. The van der Waals surface area contributed by atoms with Crippen LogP contribution in [-0.2, 0) is 20.9 Å². The number of hydrogen-bond acceptors (Lipinski definition) is 5. The maximum Gasteiger partial charge on any atom is 0.279 e. The highest BCUT2D eigenvalue weighted by Gasteiger charge is 2.35. The quantitative estimate of drug-likeness (QED) is 0.502. The molecule has 1 aliphatic rings. The van der Waals surface area contributed by atoms with Gasteiger partial charge in [-0.05, 0) is 41.8 Å². The van der Waals surface area contributed by atoms with Gasteiger partial charge in [0.2, 0.25) is 11.8 Å². The number of nitrogens with zero attached hydrogens (tertiary/aromatic N) is 1. The lowest BCUT2D eigenvalue weighted by Gasteiger charge is -2.19. The highest BCUT2D eigenvalue weighted by molar-refractivity contribution is 5.91. The Balaban J connectivity index is 1.27. The van der Waals surface area contributed by atoms with E-state index < -0.39 is 23.8 Å². The highest BCUT2D eigenvalue weighted by atomic mass is 16.5. The van der Waals surface area contributed by atoms with Crippen molar-refractivity contribution in [2.75, 3.05) is 6.54 Å². The van der Waals surface area contributed by atoms with Crippen LogP contribution in [-0.4, -0.2) is 35.3 Å². The largest absolute Gasteiger partial charge is 0.481 e. The molecule has 1 aliphatic heterocycles. The second-order valence-electron chi connectivity index (χ2n) is 8.14. The first-order valence-corrected chi connectivity index (χ1v) is 11.3. The van der Waals surface area contributed by atoms with E-state index in [0.717, 1.165) is 11.1 Å². The Morgan fingerprint density at radius 2 is 1.76 bits per heavy atom. The predicted octanol–water partition coefficient (Wildman–Crippen LogP) is 3.30. The van der Waals surface area contributed by atoms with E-state index in [4.69, 9.17) is 9.15 Å². The van der Waals surface area contributed by atoms with E-state index in [9.17, 15) is 14.4 Å². The van der Waals surface area contributed by atoms with Crippen LogP contribution in [0.5, 0.6) is 5.75 Å². The molecule has 0 saturated carbocycles. The Hall–Kier alpha value is -4.07. The molecule has 2 heterocycles. The fourth-order valence-corrected chi connectivity index (χ4v) is 3.84. The first-order chi connectivity index (χ1) is 16.5. The Morgan fingerprint density at radius 3 is 2.44 bits per heavy atom. The summed E-state index contributed by atoms with van der Waals surface area (Å²) in [5.74, 6) is -0.332. The van der Waals surface area contributed by atoms with Crippen molar-refractivity contribution < 1.29 is 23.5 Å². The number of ether oxygens (including phenoxy) is 1. The molecule has 8 heteroatoms. The summed E-state index contributed by atoms with van der Waals surface area (Å²) < 4.78 is 11.1. The van der Waals surface area contributed by atoms with Crippen molar-refractivity contribution in [2.24, 2.45) is 5.92 Å².